The Balaban J connectivity index is 3.48. The third kappa shape index (κ3) is 1.57. The molecule has 0 bridgehead atoms. The second-order valence-electron chi connectivity index (χ2n) is 2.40. The van der Waals surface area contributed by atoms with E-state index in [1.54, 1.807) is 12.1 Å². The molecular formula is C9H5IN2. The molecule has 1 rings (SSSR count). The molecule has 0 fully saturated rings. The van der Waals surface area contributed by atoms with E-state index < -0.39 is 0 Å². The highest BCUT2D eigenvalue weighted by atomic mass is 127. The van der Waals surface area contributed by atoms with Crippen LogP contribution in [0.2, 0.25) is 0 Å². The van der Waals surface area contributed by atoms with E-state index in [0.717, 1.165) is 9.13 Å². The Labute approximate surface area is 84.6 Å². The lowest BCUT2D eigenvalue weighted by Crippen LogP contribution is -1.89. The minimum Gasteiger partial charge on any atom is -0.192 e. The Morgan fingerprint density at radius 2 is 1.58 bits per heavy atom. The van der Waals surface area contributed by atoms with E-state index in [-0.39, 0.29) is 0 Å². The number of benzene rings is 1. The van der Waals surface area contributed by atoms with E-state index in [4.69, 9.17) is 10.5 Å². The molecular weight excluding hydrogens is 263 g/mol. The molecule has 0 spiro atoms. The van der Waals surface area contributed by atoms with Crippen LogP contribution in [0.1, 0.15) is 16.7 Å². The zero-order valence-corrected chi connectivity index (χ0v) is 8.58. The number of nitriles is 2. The maximum Gasteiger partial charge on any atom is 0.100 e. The van der Waals surface area contributed by atoms with Crippen molar-refractivity contribution in [2.24, 2.45) is 0 Å². The molecule has 0 aromatic heterocycles. The van der Waals surface area contributed by atoms with Gasteiger partial charge in [0.05, 0.1) is 11.1 Å². The summed E-state index contributed by atoms with van der Waals surface area (Å²) in [6.45, 7) is 1.87. The summed E-state index contributed by atoms with van der Waals surface area (Å²) >= 11 is 2.01. The van der Waals surface area contributed by atoms with Crippen LogP contribution in [0.4, 0.5) is 0 Å². The van der Waals surface area contributed by atoms with Crippen molar-refractivity contribution in [2.45, 2.75) is 6.92 Å². The van der Waals surface area contributed by atoms with Crippen LogP contribution in [-0.4, -0.2) is 0 Å². The van der Waals surface area contributed by atoms with Crippen LogP contribution in [0, 0.1) is 33.2 Å². The number of aryl methyl sites for hydroxylation is 1. The highest BCUT2D eigenvalue weighted by Crippen LogP contribution is 2.18. The first-order valence-corrected chi connectivity index (χ1v) is 4.37. The Morgan fingerprint density at radius 3 is 1.92 bits per heavy atom. The number of rotatable bonds is 0. The number of hydrogen-bond acceptors (Lipinski definition) is 2. The number of hydrogen-bond donors (Lipinski definition) is 0. The van der Waals surface area contributed by atoms with Crippen LogP contribution in [-0.2, 0) is 0 Å². The number of halogens is 1. The van der Waals surface area contributed by atoms with E-state index in [2.05, 4.69) is 12.1 Å². The van der Waals surface area contributed by atoms with Gasteiger partial charge in [0.1, 0.15) is 12.1 Å². The molecule has 0 aliphatic rings. The van der Waals surface area contributed by atoms with Crippen molar-refractivity contribution in [1.29, 1.82) is 10.5 Å². The van der Waals surface area contributed by atoms with Gasteiger partial charge in [-0.3, -0.25) is 0 Å². The van der Waals surface area contributed by atoms with Crippen molar-refractivity contribution in [1.82, 2.24) is 0 Å². The lowest BCUT2D eigenvalue weighted by Gasteiger charge is -1.99. The molecule has 0 unspecified atom stereocenters. The molecule has 0 N–H and O–H groups in total. The van der Waals surface area contributed by atoms with Crippen molar-refractivity contribution in [3.05, 3.63) is 32.4 Å². The van der Waals surface area contributed by atoms with Crippen molar-refractivity contribution in [3.8, 4) is 12.1 Å². The second kappa shape index (κ2) is 3.55. The molecule has 2 nitrogen and oxygen atoms in total. The van der Waals surface area contributed by atoms with Gasteiger partial charge in [-0.15, -0.1) is 0 Å². The molecule has 0 amide bonds. The summed E-state index contributed by atoms with van der Waals surface area (Å²) in [7, 11) is 0. The maximum absolute atomic E-state index is 8.70. The third-order valence-electron chi connectivity index (χ3n) is 1.46. The molecule has 0 heterocycles. The Kier molecular flexibility index (Phi) is 2.67. The Hall–Kier alpha value is -1.07. The van der Waals surface area contributed by atoms with Crippen LogP contribution in [0.5, 0.6) is 0 Å². The van der Waals surface area contributed by atoms with Crippen molar-refractivity contribution in [2.75, 3.05) is 0 Å². The van der Waals surface area contributed by atoms with Gasteiger partial charge in [-0.2, -0.15) is 10.5 Å². The molecule has 0 aliphatic heterocycles. The predicted octanol–water partition coefficient (Wildman–Crippen LogP) is 2.34. The highest BCUT2D eigenvalue weighted by molar-refractivity contribution is 14.1. The SMILES string of the molecule is Cc1cc(C#N)c(I)c(C#N)c1. The molecule has 1 aromatic rings. The van der Waals surface area contributed by atoms with E-state index in [1.807, 2.05) is 29.5 Å². The van der Waals surface area contributed by atoms with Crippen molar-refractivity contribution >= 4 is 22.6 Å². The van der Waals surface area contributed by atoms with Gasteiger partial charge < -0.3 is 0 Å². The summed E-state index contributed by atoms with van der Waals surface area (Å²) in [5.74, 6) is 0. The average Bonchev–Trinajstić information content (AvgIpc) is 2.08. The molecule has 0 saturated carbocycles. The quantitative estimate of drug-likeness (QED) is 0.678. The molecule has 58 valence electrons. The van der Waals surface area contributed by atoms with Crippen LogP contribution in [0.3, 0.4) is 0 Å². The van der Waals surface area contributed by atoms with Gasteiger partial charge in [0.25, 0.3) is 0 Å². The monoisotopic (exact) mass is 268 g/mol. The topological polar surface area (TPSA) is 47.6 Å². The minimum absolute atomic E-state index is 0.576. The first-order chi connectivity index (χ1) is 5.69. The second-order valence-corrected chi connectivity index (χ2v) is 3.48. The van der Waals surface area contributed by atoms with Gasteiger partial charge in [0, 0.05) is 3.57 Å². The summed E-state index contributed by atoms with van der Waals surface area (Å²) in [6.07, 6.45) is 0. The molecule has 1 aromatic carbocycles. The molecule has 3 heteroatoms. The first-order valence-electron chi connectivity index (χ1n) is 3.29. The van der Waals surface area contributed by atoms with Gasteiger partial charge in [0.15, 0.2) is 0 Å². The first kappa shape index (κ1) is 9.02. The van der Waals surface area contributed by atoms with E-state index in [9.17, 15) is 0 Å². The van der Waals surface area contributed by atoms with Gasteiger partial charge >= 0.3 is 0 Å². The van der Waals surface area contributed by atoms with E-state index in [0.29, 0.717) is 11.1 Å². The van der Waals surface area contributed by atoms with Gasteiger partial charge in [-0.05, 0) is 47.2 Å². The summed E-state index contributed by atoms with van der Waals surface area (Å²) in [5.41, 5.74) is 2.10. The molecule has 12 heavy (non-hydrogen) atoms. The fourth-order valence-electron chi connectivity index (χ4n) is 0.932. The molecule has 0 radical (unpaired) electrons. The zero-order chi connectivity index (χ0) is 9.14. The highest BCUT2D eigenvalue weighted by Gasteiger charge is 2.05. The molecule has 0 saturated heterocycles. The standard InChI is InChI=1S/C9H5IN2/c1-6-2-7(4-11)9(10)8(3-6)5-12/h2-3H,1H3. The van der Waals surface area contributed by atoms with Gasteiger partial charge in [0.2, 0.25) is 0 Å². The summed E-state index contributed by atoms with van der Waals surface area (Å²) in [5, 5.41) is 17.4. The fourth-order valence-corrected chi connectivity index (χ4v) is 1.48. The van der Waals surface area contributed by atoms with Crippen LogP contribution in [0.25, 0.3) is 0 Å². The van der Waals surface area contributed by atoms with E-state index >= 15 is 0 Å². The predicted molar refractivity (Wildman–Crippen MR) is 53.3 cm³/mol. The van der Waals surface area contributed by atoms with Crippen molar-refractivity contribution in [3.63, 3.8) is 0 Å². The summed E-state index contributed by atoms with van der Waals surface area (Å²) in [6, 6.07) is 7.67. The fraction of sp³-hybridized carbons (Fsp3) is 0.111. The van der Waals surface area contributed by atoms with Crippen LogP contribution >= 0.6 is 22.6 Å². The largest absolute Gasteiger partial charge is 0.192 e. The zero-order valence-electron chi connectivity index (χ0n) is 6.43. The lowest BCUT2D eigenvalue weighted by atomic mass is 10.1. The third-order valence-corrected chi connectivity index (χ3v) is 2.62. The van der Waals surface area contributed by atoms with Gasteiger partial charge in [-0.1, -0.05) is 0 Å². The Bertz CT molecular complexity index is 361. The summed E-state index contributed by atoms with van der Waals surface area (Å²) in [4.78, 5) is 0. The average molecular weight is 268 g/mol. The molecule has 0 aliphatic carbocycles. The van der Waals surface area contributed by atoms with Crippen molar-refractivity contribution < 1.29 is 0 Å². The normalized spacial score (nSPS) is 8.67. The van der Waals surface area contributed by atoms with Crippen LogP contribution in [0.15, 0.2) is 12.1 Å². The lowest BCUT2D eigenvalue weighted by molar-refractivity contribution is 1.36. The minimum atomic E-state index is 0.576. The number of nitrogens with zero attached hydrogens (tertiary/aromatic N) is 2. The van der Waals surface area contributed by atoms with Gasteiger partial charge in [-0.25, -0.2) is 0 Å². The smallest absolute Gasteiger partial charge is 0.100 e. The molecule has 0 atom stereocenters. The summed E-state index contributed by atoms with van der Waals surface area (Å²) < 4.78 is 0.739. The van der Waals surface area contributed by atoms with E-state index in [1.165, 1.54) is 0 Å². The Morgan fingerprint density at radius 1 is 1.17 bits per heavy atom. The van der Waals surface area contributed by atoms with Crippen LogP contribution < -0.4 is 0 Å². The maximum atomic E-state index is 8.70.